The smallest absolute Gasteiger partial charge is 0.271 e. The number of hydrogen-bond donors (Lipinski definition) is 1. The third-order valence-corrected chi connectivity index (χ3v) is 2.72. The third kappa shape index (κ3) is 4.39. The summed E-state index contributed by atoms with van der Waals surface area (Å²) >= 11 is 5.90. The number of nitriles is 1. The Balaban J connectivity index is 2.78. The van der Waals surface area contributed by atoms with E-state index in [0.29, 0.717) is 12.2 Å². The summed E-state index contributed by atoms with van der Waals surface area (Å²) in [5.41, 5.74) is 4.61. The van der Waals surface area contributed by atoms with Gasteiger partial charge in [-0.05, 0) is 19.9 Å². The van der Waals surface area contributed by atoms with Crippen LogP contribution in [0.3, 0.4) is 0 Å². The summed E-state index contributed by atoms with van der Waals surface area (Å²) < 4.78 is 5.53. The highest BCUT2D eigenvalue weighted by Crippen LogP contribution is 2.30. The highest BCUT2D eigenvalue weighted by molar-refractivity contribution is 6.32. The standard InChI is InChI=1S/C12H14ClN3O3/c1-8(6-12(2,15)7-14)19-11-4-3-9(16(17)18)5-10(11)13/h3-5,8H,6,15H2,1-2H3. The Morgan fingerprint density at radius 2 is 2.32 bits per heavy atom. The fourth-order valence-electron chi connectivity index (χ4n) is 1.60. The Hall–Kier alpha value is -1.84. The lowest BCUT2D eigenvalue weighted by molar-refractivity contribution is -0.384. The van der Waals surface area contributed by atoms with Crippen molar-refractivity contribution in [1.29, 1.82) is 5.26 Å². The minimum atomic E-state index is -0.993. The first kappa shape index (κ1) is 15.2. The van der Waals surface area contributed by atoms with E-state index in [4.69, 9.17) is 27.3 Å². The molecule has 0 aliphatic carbocycles. The molecule has 0 heterocycles. The number of hydrogen-bond acceptors (Lipinski definition) is 5. The quantitative estimate of drug-likeness (QED) is 0.661. The molecule has 0 aromatic heterocycles. The fourth-order valence-corrected chi connectivity index (χ4v) is 1.82. The van der Waals surface area contributed by atoms with Crippen molar-refractivity contribution >= 4 is 17.3 Å². The first-order valence-corrected chi connectivity index (χ1v) is 5.93. The highest BCUT2D eigenvalue weighted by Gasteiger charge is 2.22. The predicted octanol–water partition coefficient (Wildman–Crippen LogP) is 2.65. The van der Waals surface area contributed by atoms with Gasteiger partial charge in [0.15, 0.2) is 0 Å². The van der Waals surface area contributed by atoms with Gasteiger partial charge in [0.05, 0.1) is 22.1 Å². The molecule has 2 unspecified atom stereocenters. The van der Waals surface area contributed by atoms with Crippen molar-refractivity contribution in [2.75, 3.05) is 0 Å². The number of ether oxygens (including phenoxy) is 1. The molecule has 0 bridgehead atoms. The third-order valence-electron chi connectivity index (χ3n) is 2.42. The Kier molecular flexibility index (Phi) is 4.70. The maximum Gasteiger partial charge on any atom is 0.271 e. The lowest BCUT2D eigenvalue weighted by Gasteiger charge is -2.22. The molecule has 0 aliphatic rings. The van der Waals surface area contributed by atoms with Gasteiger partial charge in [-0.3, -0.25) is 10.1 Å². The fraction of sp³-hybridized carbons (Fsp3) is 0.417. The normalized spacial score (nSPS) is 15.1. The van der Waals surface area contributed by atoms with Gasteiger partial charge in [0.25, 0.3) is 5.69 Å². The molecule has 2 atom stereocenters. The zero-order chi connectivity index (χ0) is 14.6. The molecule has 19 heavy (non-hydrogen) atoms. The van der Waals surface area contributed by atoms with Gasteiger partial charge in [0.1, 0.15) is 11.3 Å². The van der Waals surface area contributed by atoms with Gasteiger partial charge in [-0.15, -0.1) is 0 Å². The van der Waals surface area contributed by atoms with Crippen LogP contribution in [-0.2, 0) is 0 Å². The van der Waals surface area contributed by atoms with E-state index < -0.39 is 10.5 Å². The van der Waals surface area contributed by atoms with E-state index >= 15 is 0 Å². The molecule has 1 aromatic rings. The Bertz CT molecular complexity index is 525. The monoisotopic (exact) mass is 283 g/mol. The Morgan fingerprint density at radius 1 is 1.68 bits per heavy atom. The number of nitro benzene ring substituents is 1. The van der Waals surface area contributed by atoms with E-state index in [2.05, 4.69) is 0 Å². The van der Waals surface area contributed by atoms with Crippen LogP contribution in [0.4, 0.5) is 5.69 Å². The van der Waals surface area contributed by atoms with Crippen LogP contribution < -0.4 is 10.5 Å². The van der Waals surface area contributed by atoms with Crippen molar-refractivity contribution in [2.24, 2.45) is 5.73 Å². The number of nitrogens with two attached hydrogens (primary N) is 1. The molecule has 0 saturated carbocycles. The average molecular weight is 284 g/mol. The number of halogens is 1. The van der Waals surface area contributed by atoms with Gasteiger partial charge < -0.3 is 10.5 Å². The number of nitro groups is 1. The van der Waals surface area contributed by atoms with Gasteiger partial charge in [-0.2, -0.15) is 5.26 Å². The van der Waals surface area contributed by atoms with E-state index in [9.17, 15) is 10.1 Å². The molecular formula is C12H14ClN3O3. The summed E-state index contributed by atoms with van der Waals surface area (Å²) in [5.74, 6) is 0.327. The van der Waals surface area contributed by atoms with Gasteiger partial charge >= 0.3 is 0 Å². The molecule has 0 aliphatic heterocycles. The van der Waals surface area contributed by atoms with E-state index in [0.717, 1.165) is 0 Å². The van der Waals surface area contributed by atoms with Crippen molar-refractivity contribution in [3.63, 3.8) is 0 Å². The van der Waals surface area contributed by atoms with Crippen molar-refractivity contribution in [3.05, 3.63) is 33.3 Å². The Morgan fingerprint density at radius 3 is 2.79 bits per heavy atom. The molecule has 0 amide bonds. The molecular weight excluding hydrogens is 270 g/mol. The summed E-state index contributed by atoms with van der Waals surface area (Å²) in [4.78, 5) is 10.0. The van der Waals surface area contributed by atoms with Crippen LogP contribution in [0.15, 0.2) is 18.2 Å². The average Bonchev–Trinajstić information content (AvgIpc) is 2.30. The van der Waals surface area contributed by atoms with Crippen LogP contribution in [0.25, 0.3) is 0 Å². The van der Waals surface area contributed by atoms with Crippen molar-refractivity contribution in [2.45, 2.75) is 31.9 Å². The number of rotatable bonds is 5. The summed E-state index contributed by atoms with van der Waals surface area (Å²) in [5, 5.41) is 19.5. The van der Waals surface area contributed by atoms with E-state index in [1.807, 2.05) is 6.07 Å². The molecule has 1 rings (SSSR count). The minimum Gasteiger partial charge on any atom is -0.489 e. The van der Waals surface area contributed by atoms with Crippen LogP contribution in [0, 0.1) is 21.4 Å². The van der Waals surface area contributed by atoms with Gasteiger partial charge in [-0.25, -0.2) is 0 Å². The van der Waals surface area contributed by atoms with Crippen molar-refractivity contribution in [1.82, 2.24) is 0 Å². The van der Waals surface area contributed by atoms with Crippen LogP contribution in [0.2, 0.25) is 5.02 Å². The van der Waals surface area contributed by atoms with Crippen LogP contribution in [0.1, 0.15) is 20.3 Å². The second-order valence-electron chi connectivity index (χ2n) is 4.53. The minimum absolute atomic E-state index is 0.106. The predicted molar refractivity (Wildman–Crippen MR) is 71.0 cm³/mol. The largest absolute Gasteiger partial charge is 0.489 e. The lowest BCUT2D eigenvalue weighted by Crippen LogP contribution is -2.38. The van der Waals surface area contributed by atoms with Gasteiger partial charge in [-0.1, -0.05) is 11.6 Å². The first-order valence-electron chi connectivity index (χ1n) is 5.56. The summed E-state index contributed by atoms with van der Waals surface area (Å²) in [6, 6.07) is 5.92. The van der Waals surface area contributed by atoms with Crippen molar-refractivity contribution in [3.8, 4) is 11.8 Å². The summed E-state index contributed by atoms with van der Waals surface area (Å²) in [6.07, 6.45) is -0.0230. The van der Waals surface area contributed by atoms with Gasteiger partial charge in [0, 0.05) is 18.6 Å². The molecule has 0 radical (unpaired) electrons. The Labute approximate surface area is 115 Å². The molecule has 1 aromatic carbocycles. The second-order valence-corrected chi connectivity index (χ2v) is 4.94. The topological polar surface area (TPSA) is 102 Å². The van der Waals surface area contributed by atoms with Crippen LogP contribution in [0.5, 0.6) is 5.75 Å². The molecule has 102 valence electrons. The SMILES string of the molecule is CC(CC(C)(N)C#N)Oc1ccc([N+](=O)[O-])cc1Cl. The molecule has 2 N–H and O–H groups in total. The van der Waals surface area contributed by atoms with Crippen molar-refractivity contribution < 1.29 is 9.66 Å². The van der Waals surface area contributed by atoms with Gasteiger partial charge in [0.2, 0.25) is 0 Å². The second kappa shape index (κ2) is 5.87. The zero-order valence-electron chi connectivity index (χ0n) is 10.6. The van der Waals surface area contributed by atoms with Crippen LogP contribution in [-0.4, -0.2) is 16.6 Å². The van der Waals surface area contributed by atoms with E-state index in [-0.39, 0.29) is 16.8 Å². The molecule has 0 spiro atoms. The molecule has 6 nitrogen and oxygen atoms in total. The van der Waals surface area contributed by atoms with Crippen LogP contribution >= 0.6 is 11.6 Å². The maximum atomic E-state index is 10.6. The van der Waals surface area contributed by atoms with E-state index in [1.54, 1.807) is 13.8 Å². The highest BCUT2D eigenvalue weighted by atomic mass is 35.5. The first-order chi connectivity index (χ1) is 8.75. The maximum absolute atomic E-state index is 10.6. The zero-order valence-corrected chi connectivity index (χ0v) is 11.3. The number of benzene rings is 1. The van der Waals surface area contributed by atoms with E-state index in [1.165, 1.54) is 18.2 Å². The lowest BCUT2D eigenvalue weighted by atomic mass is 9.98. The number of non-ortho nitro benzene ring substituents is 1. The summed E-state index contributed by atoms with van der Waals surface area (Å²) in [6.45, 7) is 3.35. The number of nitrogens with zero attached hydrogens (tertiary/aromatic N) is 2. The molecule has 0 fully saturated rings. The molecule has 0 saturated heterocycles. The molecule has 7 heteroatoms. The summed E-state index contributed by atoms with van der Waals surface area (Å²) in [7, 11) is 0.